The first-order chi connectivity index (χ1) is 10.6. The summed E-state index contributed by atoms with van der Waals surface area (Å²) in [5, 5.41) is 3.98. The third kappa shape index (κ3) is 3.26. The van der Waals surface area contributed by atoms with Gasteiger partial charge in [-0.1, -0.05) is 12.1 Å². The van der Waals surface area contributed by atoms with Crippen molar-refractivity contribution >= 4 is 50.4 Å². The molecule has 1 aromatic carbocycles. The Balaban J connectivity index is 1.68. The van der Waals surface area contributed by atoms with Gasteiger partial charge in [0, 0.05) is 4.88 Å². The van der Waals surface area contributed by atoms with Crippen molar-refractivity contribution in [3.63, 3.8) is 0 Å². The van der Waals surface area contributed by atoms with Gasteiger partial charge in [0.2, 0.25) is 0 Å². The average Bonchev–Trinajstić information content (AvgIpc) is 3.03. The van der Waals surface area contributed by atoms with E-state index in [1.165, 1.54) is 0 Å². The second kappa shape index (κ2) is 6.41. The summed E-state index contributed by atoms with van der Waals surface area (Å²) in [6.07, 6.45) is 1.63. The molecule has 0 bridgehead atoms. The minimum absolute atomic E-state index is 0.182. The van der Waals surface area contributed by atoms with E-state index >= 15 is 0 Å². The van der Waals surface area contributed by atoms with Gasteiger partial charge in [-0.3, -0.25) is 4.79 Å². The highest BCUT2D eigenvalue weighted by molar-refractivity contribution is 9.11. The maximum atomic E-state index is 12.0. The molecular formula is C15H13BrN4OS. The number of para-hydroxylation sites is 2. The molecule has 22 heavy (non-hydrogen) atoms. The van der Waals surface area contributed by atoms with Crippen LogP contribution in [0.5, 0.6) is 0 Å². The number of hydrogen-bond donors (Lipinski definition) is 1. The molecule has 112 valence electrons. The van der Waals surface area contributed by atoms with Gasteiger partial charge < -0.3 is 4.57 Å². The topological polar surface area (TPSA) is 59.3 Å². The van der Waals surface area contributed by atoms with Crippen LogP contribution in [-0.2, 0) is 11.3 Å². The molecule has 7 heteroatoms. The summed E-state index contributed by atoms with van der Waals surface area (Å²) in [6.45, 7) is 2.08. The summed E-state index contributed by atoms with van der Waals surface area (Å²) >= 11 is 4.93. The lowest BCUT2D eigenvalue weighted by atomic mass is 10.3. The number of imidazole rings is 1. The third-order valence-electron chi connectivity index (χ3n) is 3.12. The van der Waals surface area contributed by atoms with E-state index in [1.54, 1.807) is 17.6 Å². The summed E-state index contributed by atoms with van der Waals surface area (Å²) in [7, 11) is 0. The van der Waals surface area contributed by atoms with Crippen LogP contribution in [0.3, 0.4) is 0 Å². The molecule has 0 saturated heterocycles. The van der Waals surface area contributed by atoms with Gasteiger partial charge in [0.1, 0.15) is 12.4 Å². The molecule has 0 saturated carbocycles. The smallest absolute Gasteiger partial charge is 0.260 e. The molecule has 0 aliphatic carbocycles. The Labute approximate surface area is 139 Å². The Morgan fingerprint density at radius 2 is 2.23 bits per heavy atom. The highest BCUT2D eigenvalue weighted by atomic mass is 79.9. The lowest BCUT2D eigenvalue weighted by Gasteiger charge is -2.05. The SMILES string of the molecule is Cc1nc2ccccc2n1CC(=O)N/N=C\c1ccc(Br)s1. The van der Waals surface area contributed by atoms with Crippen LogP contribution in [0, 0.1) is 6.92 Å². The molecule has 2 aromatic heterocycles. The number of carbonyl (C=O) groups excluding carboxylic acids is 1. The van der Waals surface area contributed by atoms with Crippen molar-refractivity contribution < 1.29 is 4.79 Å². The van der Waals surface area contributed by atoms with Crippen LogP contribution >= 0.6 is 27.3 Å². The molecule has 0 fully saturated rings. The van der Waals surface area contributed by atoms with E-state index in [1.807, 2.05) is 47.9 Å². The Bertz CT molecular complexity index is 852. The van der Waals surface area contributed by atoms with Gasteiger partial charge in [-0.2, -0.15) is 5.10 Å². The lowest BCUT2D eigenvalue weighted by Crippen LogP contribution is -2.23. The number of aryl methyl sites for hydroxylation is 1. The predicted molar refractivity (Wildman–Crippen MR) is 92.2 cm³/mol. The van der Waals surface area contributed by atoms with Crippen molar-refractivity contribution in [2.75, 3.05) is 0 Å². The van der Waals surface area contributed by atoms with Gasteiger partial charge in [-0.15, -0.1) is 11.3 Å². The van der Waals surface area contributed by atoms with Crippen LogP contribution in [0.1, 0.15) is 10.7 Å². The van der Waals surface area contributed by atoms with Crippen LogP contribution in [0.4, 0.5) is 0 Å². The van der Waals surface area contributed by atoms with E-state index in [0.29, 0.717) is 0 Å². The maximum absolute atomic E-state index is 12.0. The Hall–Kier alpha value is -1.99. The van der Waals surface area contributed by atoms with Gasteiger partial charge in [-0.25, -0.2) is 10.4 Å². The fourth-order valence-corrected chi connectivity index (χ4v) is 3.44. The number of aromatic nitrogens is 2. The summed E-state index contributed by atoms with van der Waals surface area (Å²) in [6, 6.07) is 11.6. The maximum Gasteiger partial charge on any atom is 0.260 e. The first-order valence-electron chi connectivity index (χ1n) is 6.62. The van der Waals surface area contributed by atoms with E-state index in [-0.39, 0.29) is 12.5 Å². The van der Waals surface area contributed by atoms with Gasteiger partial charge in [0.05, 0.1) is 21.0 Å². The van der Waals surface area contributed by atoms with Crippen LogP contribution < -0.4 is 5.43 Å². The molecule has 0 unspecified atom stereocenters. The minimum atomic E-state index is -0.182. The standard InChI is InChI=1S/C15H13BrN4OS/c1-10-18-12-4-2-3-5-13(12)20(10)9-15(21)19-17-8-11-6-7-14(16)22-11/h2-8H,9H2,1H3,(H,19,21)/b17-8-. The molecule has 3 rings (SSSR count). The number of halogens is 1. The number of hydrazone groups is 1. The lowest BCUT2D eigenvalue weighted by molar-refractivity contribution is -0.121. The molecule has 0 radical (unpaired) electrons. The number of fused-ring (bicyclic) bond motifs is 1. The molecule has 2 heterocycles. The van der Waals surface area contributed by atoms with E-state index in [2.05, 4.69) is 31.4 Å². The largest absolute Gasteiger partial charge is 0.319 e. The van der Waals surface area contributed by atoms with Crippen molar-refractivity contribution in [1.82, 2.24) is 15.0 Å². The predicted octanol–water partition coefficient (Wildman–Crippen LogP) is 3.32. The zero-order valence-electron chi connectivity index (χ0n) is 11.8. The number of rotatable bonds is 4. The molecule has 1 N–H and O–H groups in total. The molecular weight excluding hydrogens is 364 g/mol. The minimum Gasteiger partial charge on any atom is -0.319 e. The fourth-order valence-electron chi connectivity index (χ4n) is 2.14. The molecule has 0 atom stereocenters. The van der Waals surface area contributed by atoms with E-state index < -0.39 is 0 Å². The normalized spacial score (nSPS) is 11.4. The van der Waals surface area contributed by atoms with Crippen molar-refractivity contribution in [2.45, 2.75) is 13.5 Å². The highest BCUT2D eigenvalue weighted by Gasteiger charge is 2.09. The van der Waals surface area contributed by atoms with Gasteiger partial charge in [0.15, 0.2) is 0 Å². The zero-order chi connectivity index (χ0) is 15.5. The first kappa shape index (κ1) is 14.9. The third-order valence-corrected chi connectivity index (χ3v) is 4.68. The van der Waals surface area contributed by atoms with Crippen molar-refractivity contribution in [3.8, 4) is 0 Å². The van der Waals surface area contributed by atoms with Crippen LogP contribution in [0.15, 0.2) is 45.3 Å². The van der Waals surface area contributed by atoms with Gasteiger partial charge in [-0.05, 0) is 47.1 Å². The molecule has 5 nitrogen and oxygen atoms in total. The molecule has 0 spiro atoms. The Morgan fingerprint density at radius 1 is 1.41 bits per heavy atom. The quantitative estimate of drug-likeness (QED) is 0.560. The van der Waals surface area contributed by atoms with E-state index in [0.717, 1.165) is 25.5 Å². The summed E-state index contributed by atoms with van der Waals surface area (Å²) in [5.74, 6) is 0.626. The number of nitrogens with zero attached hydrogens (tertiary/aromatic N) is 3. The van der Waals surface area contributed by atoms with Crippen LogP contribution in [-0.4, -0.2) is 21.7 Å². The number of nitrogens with one attached hydrogen (secondary N) is 1. The average molecular weight is 377 g/mol. The zero-order valence-corrected chi connectivity index (χ0v) is 14.2. The first-order valence-corrected chi connectivity index (χ1v) is 8.23. The highest BCUT2D eigenvalue weighted by Crippen LogP contribution is 2.20. The molecule has 1 amide bonds. The Kier molecular flexibility index (Phi) is 4.35. The summed E-state index contributed by atoms with van der Waals surface area (Å²) in [5.41, 5.74) is 4.38. The summed E-state index contributed by atoms with van der Waals surface area (Å²) < 4.78 is 2.91. The number of thiophene rings is 1. The van der Waals surface area contributed by atoms with Gasteiger partial charge >= 0.3 is 0 Å². The number of amides is 1. The number of benzene rings is 1. The monoisotopic (exact) mass is 376 g/mol. The van der Waals surface area contributed by atoms with Crippen LogP contribution in [0.2, 0.25) is 0 Å². The van der Waals surface area contributed by atoms with Crippen molar-refractivity contribution in [2.24, 2.45) is 5.10 Å². The van der Waals surface area contributed by atoms with Crippen LogP contribution in [0.25, 0.3) is 11.0 Å². The fraction of sp³-hybridized carbons (Fsp3) is 0.133. The summed E-state index contributed by atoms with van der Waals surface area (Å²) in [4.78, 5) is 17.4. The number of carbonyl (C=O) groups is 1. The van der Waals surface area contributed by atoms with E-state index in [9.17, 15) is 4.79 Å². The van der Waals surface area contributed by atoms with Gasteiger partial charge in [0.25, 0.3) is 5.91 Å². The number of hydrogen-bond acceptors (Lipinski definition) is 4. The second-order valence-electron chi connectivity index (χ2n) is 4.67. The van der Waals surface area contributed by atoms with Crippen molar-refractivity contribution in [3.05, 3.63) is 50.9 Å². The molecule has 0 aliphatic heterocycles. The molecule has 3 aromatic rings. The van der Waals surface area contributed by atoms with Crippen molar-refractivity contribution in [1.29, 1.82) is 0 Å². The Morgan fingerprint density at radius 3 is 3.00 bits per heavy atom. The van der Waals surface area contributed by atoms with E-state index in [4.69, 9.17) is 0 Å². The second-order valence-corrected chi connectivity index (χ2v) is 7.16. The molecule has 0 aliphatic rings.